The van der Waals surface area contributed by atoms with Crippen LogP contribution in [0.4, 0.5) is 0 Å². The molecule has 0 N–H and O–H groups in total. The summed E-state index contributed by atoms with van der Waals surface area (Å²) in [6.45, 7) is 0. The Morgan fingerprint density at radius 1 is 0.840 bits per heavy atom. The van der Waals surface area contributed by atoms with Gasteiger partial charge in [-0.1, -0.05) is 66.2 Å². The molecule has 1 heterocycles. The maximum absolute atomic E-state index is 13.1. The van der Waals surface area contributed by atoms with Crippen molar-refractivity contribution in [3.8, 4) is 5.75 Å². The van der Waals surface area contributed by atoms with Crippen LogP contribution in [0.5, 0.6) is 5.75 Å². The van der Waals surface area contributed by atoms with Crippen molar-refractivity contribution in [1.29, 1.82) is 0 Å². The number of fused-ring (bicyclic) bond motifs is 1. The highest BCUT2D eigenvalue weighted by Crippen LogP contribution is 2.39. The van der Waals surface area contributed by atoms with Crippen molar-refractivity contribution >= 4 is 23.5 Å². The first-order chi connectivity index (χ1) is 12.2. The number of carbonyl (C=O) groups excluding carboxylic acids is 1. The van der Waals surface area contributed by atoms with E-state index in [1.165, 1.54) is 0 Å². The standard InChI is InChI=1S/C22H15ClO2/c23-17-12-10-15(11-13-17)14-19-21(24)18-8-4-5-9-20(18)25-22(19)16-6-2-1-3-7-16/h1-14,22H/t22-/m1/s1. The van der Waals surface area contributed by atoms with E-state index in [1.807, 2.05) is 78.9 Å². The van der Waals surface area contributed by atoms with Gasteiger partial charge in [0, 0.05) is 10.6 Å². The molecule has 3 aromatic rings. The lowest BCUT2D eigenvalue weighted by molar-refractivity contribution is 0.0963. The number of hydrogen-bond donors (Lipinski definition) is 0. The van der Waals surface area contributed by atoms with E-state index < -0.39 is 6.10 Å². The van der Waals surface area contributed by atoms with Crippen molar-refractivity contribution in [1.82, 2.24) is 0 Å². The van der Waals surface area contributed by atoms with Gasteiger partial charge in [-0.25, -0.2) is 0 Å². The first-order valence-electron chi connectivity index (χ1n) is 8.05. The number of ether oxygens (including phenoxy) is 1. The molecule has 3 aromatic carbocycles. The lowest BCUT2D eigenvalue weighted by Gasteiger charge is -2.28. The Hall–Kier alpha value is -2.84. The van der Waals surface area contributed by atoms with Crippen molar-refractivity contribution in [2.45, 2.75) is 6.10 Å². The van der Waals surface area contributed by atoms with Gasteiger partial charge in [-0.15, -0.1) is 0 Å². The molecule has 0 aromatic heterocycles. The molecule has 0 saturated heterocycles. The summed E-state index contributed by atoms with van der Waals surface area (Å²) in [6, 6.07) is 24.6. The predicted molar refractivity (Wildman–Crippen MR) is 100 cm³/mol. The average Bonchev–Trinajstić information content (AvgIpc) is 2.66. The van der Waals surface area contributed by atoms with Crippen molar-refractivity contribution in [3.05, 3.63) is 106 Å². The van der Waals surface area contributed by atoms with Crippen LogP contribution in [0.1, 0.15) is 27.6 Å². The minimum atomic E-state index is -0.431. The molecule has 122 valence electrons. The number of carbonyl (C=O) groups is 1. The third-order valence-electron chi connectivity index (χ3n) is 4.22. The zero-order chi connectivity index (χ0) is 17.2. The SMILES string of the molecule is O=C1C(=Cc2ccc(Cl)cc2)[C@@H](c2ccccc2)Oc2ccccc21. The second-order valence-electron chi connectivity index (χ2n) is 5.89. The molecule has 3 heteroatoms. The van der Waals surface area contributed by atoms with Crippen LogP contribution in [0, 0.1) is 0 Å². The average molecular weight is 347 g/mol. The highest BCUT2D eigenvalue weighted by molar-refractivity contribution is 6.30. The first-order valence-corrected chi connectivity index (χ1v) is 8.42. The second kappa shape index (κ2) is 6.58. The normalized spacial score (nSPS) is 17.9. The third-order valence-corrected chi connectivity index (χ3v) is 4.47. The van der Waals surface area contributed by atoms with Gasteiger partial charge in [-0.05, 0) is 41.5 Å². The van der Waals surface area contributed by atoms with Gasteiger partial charge in [-0.3, -0.25) is 4.79 Å². The van der Waals surface area contributed by atoms with Crippen LogP contribution < -0.4 is 4.74 Å². The summed E-state index contributed by atoms with van der Waals surface area (Å²) >= 11 is 5.96. The van der Waals surface area contributed by atoms with Gasteiger partial charge >= 0.3 is 0 Å². The number of Topliss-reactive ketones (excluding diaryl/α,β-unsaturated/α-hetero) is 1. The number of ketones is 1. The van der Waals surface area contributed by atoms with Crippen LogP contribution in [-0.2, 0) is 0 Å². The fourth-order valence-corrected chi connectivity index (χ4v) is 3.10. The fraction of sp³-hybridized carbons (Fsp3) is 0.0455. The van der Waals surface area contributed by atoms with Crippen molar-refractivity contribution < 1.29 is 9.53 Å². The minimum Gasteiger partial charge on any atom is -0.480 e. The number of halogens is 1. The molecule has 0 amide bonds. The number of hydrogen-bond acceptors (Lipinski definition) is 2. The summed E-state index contributed by atoms with van der Waals surface area (Å²) in [5, 5.41) is 0.665. The molecule has 0 aliphatic carbocycles. The Kier molecular flexibility index (Phi) is 4.12. The third kappa shape index (κ3) is 3.09. The van der Waals surface area contributed by atoms with E-state index in [0.29, 0.717) is 21.9 Å². The highest BCUT2D eigenvalue weighted by atomic mass is 35.5. The Morgan fingerprint density at radius 3 is 2.28 bits per heavy atom. The first kappa shape index (κ1) is 15.7. The fourth-order valence-electron chi connectivity index (χ4n) is 2.98. The Labute approximate surface area is 151 Å². The van der Waals surface area contributed by atoms with Crippen LogP contribution in [0.25, 0.3) is 6.08 Å². The van der Waals surface area contributed by atoms with Gasteiger partial charge in [0.1, 0.15) is 5.75 Å². The maximum Gasteiger partial charge on any atom is 0.196 e. The summed E-state index contributed by atoms with van der Waals surface area (Å²) < 4.78 is 6.18. The molecule has 0 radical (unpaired) electrons. The topological polar surface area (TPSA) is 26.3 Å². The maximum atomic E-state index is 13.1. The van der Waals surface area contributed by atoms with Crippen LogP contribution in [0.2, 0.25) is 5.02 Å². The lowest BCUT2D eigenvalue weighted by atomic mass is 9.89. The Morgan fingerprint density at radius 2 is 1.52 bits per heavy atom. The number of para-hydroxylation sites is 1. The quantitative estimate of drug-likeness (QED) is 0.553. The smallest absolute Gasteiger partial charge is 0.196 e. The molecule has 0 bridgehead atoms. The van der Waals surface area contributed by atoms with Crippen molar-refractivity contribution in [2.24, 2.45) is 0 Å². The lowest BCUT2D eigenvalue weighted by Crippen LogP contribution is -2.23. The summed E-state index contributed by atoms with van der Waals surface area (Å²) in [4.78, 5) is 13.1. The molecule has 1 atom stereocenters. The summed E-state index contributed by atoms with van der Waals surface area (Å²) in [5.41, 5.74) is 3.07. The summed E-state index contributed by atoms with van der Waals surface area (Å²) in [6.07, 6.45) is 1.45. The Bertz CT molecular complexity index is 943. The van der Waals surface area contributed by atoms with E-state index in [4.69, 9.17) is 16.3 Å². The van der Waals surface area contributed by atoms with E-state index >= 15 is 0 Å². The van der Waals surface area contributed by atoms with Crippen molar-refractivity contribution in [3.63, 3.8) is 0 Å². The molecule has 0 spiro atoms. The molecule has 0 unspecified atom stereocenters. The zero-order valence-corrected chi connectivity index (χ0v) is 14.1. The van der Waals surface area contributed by atoms with Gasteiger partial charge in [0.15, 0.2) is 11.9 Å². The highest BCUT2D eigenvalue weighted by Gasteiger charge is 2.32. The number of benzene rings is 3. The Balaban J connectivity index is 1.85. The van der Waals surface area contributed by atoms with E-state index in [1.54, 1.807) is 6.07 Å². The van der Waals surface area contributed by atoms with Crippen LogP contribution >= 0.6 is 11.6 Å². The molecular formula is C22H15ClO2. The van der Waals surface area contributed by atoms with E-state index in [-0.39, 0.29) is 5.78 Å². The molecule has 1 aliphatic rings. The number of rotatable bonds is 2. The second-order valence-corrected chi connectivity index (χ2v) is 6.32. The summed E-state index contributed by atoms with van der Waals surface area (Å²) in [7, 11) is 0. The van der Waals surface area contributed by atoms with Gasteiger partial charge in [-0.2, -0.15) is 0 Å². The molecule has 4 rings (SSSR count). The molecule has 0 saturated carbocycles. The van der Waals surface area contributed by atoms with Gasteiger partial charge < -0.3 is 4.74 Å². The monoisotopic (exact) mass is 346 g/mol. The van der Waals surface area contributed by atoms with Gasteiger partial charge in [0.25, 0.3) is 0 Å². The summed E-state index contributed by atoms with van der Waals surface area (Å²) in [5.74, 6) is 0.611. The molecule has 0 fully saturated rings. The molecule has 1 aliphatic heterocycles. The molecule has 2 nitrogen and oxygen atoms in total. The van der Waals surface area contributed by atoms with Crippen LogP contribution in [0.3, 0.4) is 0 Å². The largest absolute Gasteiger partial charge is 0.480 e. The van der Waals surface area contributed by atoms with Gasteiger partial charge in [0.05, 0.1) is 5.56 Å². The molecule has 25 heavy (non-hydrogen) atoms. The zero-order valence-electron chi connectivity index (χ0n) is 13.4. The van der Waals surface area contributed by atoms with Crippen LogP contribution in [0.15, 0.2) is 84.4 Å². The van der Waals surface area contributed by atoms with E-state index in [0.717, 1.165) is 11.1 Å². The minimum absolute atomic E-state index is 0.00865. The van der Waals surface area contributed by atoms with Crippen LogP contribution in [-0.4, -0.2) is 5.78 Å². The van der Waals surface area contributed by atoms with E-state index in [2.05, 4.69) is 0 Å². The molecular weight excluding hydrogens is 332 g/mol. The van der Waals surface area contributed by atoms with Gasteiger partial charge in [0.2, 0.25) is 0 Å². The van der Waals surface area contributed by atoms with E-state index in [9.17, 15) is 4.79 Å². The van der Waals surface area contributed by atoms with Crippen molar-refractivity contribution in [2.75, 3.05) is 0 Å². The predicted octanol–water partition coefficient (Wildman–Crippen LogP) is 5.74.